The van der Waals surface area contributed by atoms with Crippen molar-refractivity contribution in [2.45, 2.75) is 38.8 Å². The third kappa shape index (κ3) is 6.91. The average molecular weight is 550 g/mol. The van der Waals surface area contributed by atoms with Gasteiger partial charge in [-0.15, -0.1) is 11.3 Å². The molecule has 36 heavy (non-hydrogen) atoms. The van der Waals surface area contributed by atoms with Gasteiger partial charge in [0.1, 0.15) is 5.02 Å². The molecule has 0 aliphatic carbocycles. The van der Waals surface area contributed by atoms with E-state index in [0.717, 1.165) is 26.4 Å². The van der Waals surface area contributed by atoms with Gasteiger partial charge in [0.15, 0.2) is 0 Å². The van der Waals surface area contributed by atoms with E-state index in [2.05, 4.69) is 0 Å². The molecule has 192 valence electrons. The Morgan fingerprint density at radius 2 is 1.81 bits per heavy atom. The SMILES string of the molecule is Cc1ccsc1CN(Cc1ccccc1)C(=O)CN(CC(C)C)S(=O)(=O)c1ccc(Cl)c([N+](=O)[O-])c1. The summed E-state index contributed by atoms with van der Waals surface area (Å²) in [5, 5.41) is 13.1. The molecule has 0 bridgehead atoms. The zero-order valence-electron chi connectivity index (χ0n) is 20.3. The van der Waals surface area contributed by atoms with Gasteiger partial charge in [-0.3, -0.25) is 14.9 Å². The molecule has 0 aliphatic rings. The van der Waals surface area contributed by atoms with Crippen molar-refractivity contribution in [3.63, 3.8) is 0 Å². The number of carbonyl (C=O) groups is 1. The number of carbonyl (C=O) groups excluding carboxylic acids is 1. The smallest absolute Gasteiger partial charge is 0.289 e. The summed E-state index contributed by atoms with van der Waals surface area (Å²) in [6, 6.07) is 14.8. The van der Waals surface area contributed by atoms with E-state index in [9.17, 15) is 23.3 Å². The highest BCUT2D eigenvalue weighted by Gasteiger charge is 2.31. The molecule has 3 rings (SSSR count). The van der Waals surface area contributed by atoms with Crippen LogP contribution in [0.4, 0.5) is 5.69 Å². The molecule has 0 saturated heterocycles. The molecule has 3 aromatic rings. The normalized spacial score (nSPS) is 11.7. The average Bonchev–Trinajstić information content (AvgIpc) is 3.22. The number of halogens is 1. The van der Waals surface area contributed by atoms with Gasteiger partial charge < -0.3 is 4.90 Å². The van der Waals surface area contributed by atoms with Crippen molar-refractivity contribution >= 4 is 44.6 Å². The first-order chi connectivity index (χ1) is 17.0. The number of aryl methyl sites for hydroxylation is 1. The Morgan fingerprint density at radius 1 is 1.11 bits per heavy atom. The predicted molar refractivity (Wildman–Crippen MR) is 141 cm³/mol. The van der Waals surface area contributed by atoms with Gasteiger partial charge in [-0.25, -0.2) is 8.42 Å². The second-order valence-electron chi connectivity index (χ2n) is 8.82. The number of thiophene rings is 1. The first-order valence-electron chi connectivity index (χ1n) is 11.3. The van der Waals surface area contributed by atoms with Gasteiger partial charge in [-0.2, -0.15) is 4.31 Å². The van der Waals surface area contributed by atoms with Crippen LogP contribution >= 0.6 is 22.9 Å². The fourth-order valence-electron chi connectivity index (χ4n) is 3.62. The number of sulfonamides is 1. The Kier molecular flexibility index (Phi) is 9.24. The highest BCUT2D eigenvalue weighted by Crippen LogP contribution is 2.29. The van der Waals surface area contributed by atoms with Gasteiger partial charge >= 0.3 is 0 Å². The van der Waals surface area contributed by atoms with Crippen LogP contribution in [-0.2, 0) is 27.9 Å². The quantitative estimate of drug-likeness (QED) is 0.232. The van der Waals surface area contributed by atoms with Crippen LogP contribution < -0.4 is 0 Å². The maximum Gasteiger partial charge on any atom is 0.289 e. The Labute approximate surface area is 220 Å². The summed E-state index contributed by atoms with van der Waals surface area (Å²) >= 11 is 7.42. The lowest BCUT2D eigenvalue weighted by Gasteiger charge is -2.28. The molecule has 8 nitrogen and oxygen atoms in total. The Bertz CT molecular complexity index is 1330. The van der Waals surface area contributed by atoms with Gasteiger partial charge in [0.2, 0.25) is 15.9 Å². The topological polar surface area (TPSA) is 101 Å². The van der Waals surface area contributed by atoms with Crippen LogP contribution in [-0.4, -0.2) is 41.5 Å². The van der Waals surface area contributed by atoms with Gasteiger partial charge in [0.25, 0.3) is 5.69 Å². The first-order valence-corrected chi connectivity index (χ1v) is 14.0. The van der Waals surface area contributed by atoms with Crippen molar-refractivity contribution in [2.24, 2.45) is 5.92 Å². The van der Waals surface area contributed by atoms with Crippen molar-refractivity contribution in [1.82, 2.24) is 9.21 Å². The molecule has 0 aliphatic heterocycles. The summed E-state index contributed by atoms with van der Waals surface area (Å²) in [5.41, 5.74) is 1.48. The van der Waals surface area contributed by atoms with Crippen molar-refractivity contribution in [3.8, 4) is 0 Å². The predicted octanol–water partition coefficient (Wildman–Crippen LogP) is 5.49. The zero-order valence-corrected chi connectivity index (χ0v) is 22.6. The van der Waals surface area contributed by atoms with Crippen LogP contribution in [0.2, 0.25) is 5.02 Å². The number of hydrogen-bond donors (Lipinski definition) is 0. The molecule has 11 heteroatoms. The fourth-order valence-corrected chi connectivity index (χ4v) is 6.30. The molecule has 0 atom stereocenters. The molecule has 0 radical (unpaired) electrons. The lowest BCUT2D eigenvalue weighted by Crippen LogP contribution is -2.43. The van der Waals surface area contributed by atoms with Crippen molar-refractivity contribution in [3.05, 3.63) is 91.1 Å². The summed E-state index contributed by atoms with van der Waals surface area (Å²) in [4.78, 5) is 26.5. The number of nitro groups is 1. The second kappa shape index (κ2) is 12.0. The highest BCUT2D eigenvalue weighted by atomic mass is 35.5. The molecule has 0 unspecified atom stereocenters. The zero-order chi connectivity index (χ0) is 26.5. The van der Waals surface area contributed by atoms with E-state index in [1.54, 1.807) is 16.2 Å². The van der Waals surface area contributed by atoms with Crippen LogP contribution in [0.15, 0.2) is 64.9 Å². The molecular formula is C25H28ClN3O5S2. The Hall–Kier alpha value is -2.79. The number of nitrogens with zero attached hydrogens (tertiary/aromatic N) is 3. The van der Waals surface area contributed by atoms with Gasteiger partial charge in [0, 0.05) is 24.0 Å². The van der Waals surface area contributed by atoms with E-state index in [-0.39, 0.29) is 28.3 Å². The summed E-state index contributed by atoms with van der Waals surface area (Å²) < 4.78 is 28.2. The summed E-state index contributed by atoms with van der Waals surface area (Å²) in [6.45, 7) is 6.00. The summed E-state index contributed by atoms with van der Waals surface area (Å²) in [5.74, 6) is -0.448. The monoisotopic (exact) mass is 549 g/mol. The standard InChI is InChI=1S/C25H28ClN3O5S2/c1-18(2)14-28(36(33,34)21-9-10-22(26)23(13-21)29(31)32)17-25(30)27(15-20-7-5-4-6-8-20)16-24-19(3)11-12-35-24/h4-13,18H,14-17H2,1-3H3. The fraction of sp³-hybridized carbons (Fsp3) is 0.320. The number of nitro benzene ring substituents is 1. The molecule has 2 aromatic carbocycles. The van der Waals surface area contributed by atoms with E-state index in [1.165, 1.54) is 12.1 Å². The van der Waals surface area contributed by atoms with Crippen LogP contribution in [0, 0.1) is 23.0 Å². The third-order valence-electron chi connectivity index (χ3n) is 5.50. The van der Waals surface area contributed by atoms with Crippen molar-refractivity contribution in [1.29, 1.82) is 0 Å². The minimum absolute atomic E-state index is 0.0711. The van der Waals surface area contributed by atoms with E-state index >= 15 is 0 Å². The lowest BCUT2D eigenvalue weighted by atomic mass is 10.2. The van der Waals surface area contributed by atoms with Gasteiger partial charge in [0.05, 0.1) is 22.9 Å². The largest absolute Gasteiger partial charge is 0.332 e. The van der Waals surface area contributed by atoms with Crippen molar-refractivity contribution in [2.75, 3.05) is 13.1 Å². The molecule has 0 spiro atoms. The molecule has 1 amide bonds. The lowest BCUT2D eigenvalue weighted by molar-refractivity contribution is -0.384. The first kappa shape index (κ1) is 27.8. The summed E-state index contributed by atoms with van der Waals surface area (Å²) in [7, 11) is -4.22. The molecule has 0 saturated carbocycles. The highest BCUT2D eigenvalue weighted by molar-refractivity contribution is 7.89. The van der Waals surface area contributed by atoms with E-state index in [4.69, 9.17) is 11.6 Å². The van der Waals surface area contributed by atoms with Gasteiger partial charge in [-0.1, -0.05) is 55.8 Å². The molecule has 1 heterocycles. The van der Waals surface area contributed by atoms with Crippen LogP contribution in [0.25, 0.3) is 0 Å². The minimum Gasteiger partial charge on any atom is -0.332 e. The second-order valence-corrected chi connectivity index (χ2v) is 12.2. The number of amides is 1. The molecule has 1 aromatic heterocycles. The third-order valence-corrected chi connectivity index (χ3v) is 8.64. The molecular weight excluding hydrogens is 522 g/mol. The number of rotatable bonds is 11. The van der Waals surface area contributed by atoms with E-state index < -0.39 is 27.2 Å². The number of hydrogen-bond acceptors (Lipinski definition) is 6. The molecule has 0 fully saturated rings. The van der Waals surface area contributed by atoms with Crippen LogP contribution in [0.3, 0.4) is 0 Å². The Morgan fingerprint density at radius 3 is 2.39 bits per heavy atom. The number of benzene rings is 2. The molecule has 0 N–H and O–H groups in total. The van der Waals surface area contributed by atoms with Crippen molar-refractivity contribution < 1.29 is 18.1 Å². The Balaban J connectivity index is 1.94. The minimum atomic E-state index is -4.22. The maximum absolute atomic E-state index is 13.6. The van der Waals surface area contributed by atoms with E-state index in [0.29, 0.717) is 13.1 Å². The van der Waals surface area contributed by atoms with Crippen LogP contribution in [0.5, 0.6) is 0 Å². The maximum atomic E-state index is 13.6. The van der Waals surface area contributed by atoms with E-state index in [1.807, 2.05) is 62.5 Å². The van der Waals surface area contributed by atoms with Gasteiger partial charge in [-0.05, 0) is 47.5 Å². The van der Waals surface area contributed by atoms with Crippen LogP contribution in [0.1, 0.15) is 29.9 Å². The summed E-state index contributed by atoms with van der Waals surface area (Å²) in [6.07, 6.45) is 0.